The van der Waals surface area contributed by atoms with Gasteiger partial charge in [-0.1, -0.05) is 194 Å². The third-order valence-electron chi connectivity index (χ3n) is 13.6. The van der Waals surface area contributed by atoms with Crippen LogP contribution < -0.4 is 0 Å². The Hall–Kier alpha value is -9.05. The molecule has 0 N–H and O–H groups in total. The molecular formula is C65H43N3. The summed E-state index contributed by atoms with van der Waals surface area (Å²) in [5, 5.41) is 4.94. The second-order valence-corrected chi connectivity index (χ2v) is 17.6. The predicted octanol–water partition coefficient (Wildman–Crippen LogP) is 17.3. The van der Waals surface area contributed by atoms with Gasteiger partial charge in [0.2, 0.25) is 0 Å². The summed E-state index contributed by atoms with van der Waals surface area (Å²) >= 11 is 0. The first-order chi connectivity index (χ1) is 33.7. The number of fused-ring (bicyclic) bond motifs is 6. The van der Waals surface area contributed by atoms with E-state index in [0.717, 1.165) is 45.0 Å². The summed E-state index contributed by atoms with van der Waals surface area (Å²) in [6.07, 6.45) is 0. The van der Waals surface area contributed by atoms with Gasteiger partial charge in [-0.3, -0.25) is 0 Å². The SMILES string of the molecule is c1ccc(-c2ccc(-c3ccc(-n4c5ccccc5c5ccc(-c6ccc7c(c6)c6ccccc6n7-c6ccc(-c7cc(-c8ccccc8)nc(-c8ccccc8)c7)cc6)cc54)cc3)cc2)cc1. The minimum Gasteiger partial charge on any atom is -0.309 e. The standard InChI is InChI=1S/C65H43N3/c1-4-14-44(15-5-1)45-24-26-46(27-25-45)47-28-34-55(35-29-47)68-62-22-12-10-20-56(62)58-38-32-52(43-65(58)68)51-33-39-64-59(40-51)57-21-11-13-23-63(57)67(64)54-36-30-48(31-37-54)53-41-60(49-16-6-2-7-17-49)66-61(42-53)50-18-8-3-9-19-50/h1-43H. The Bertz CT molecular complexity index is 3900. The van der Waals surface area contributed by atoms with Crippen LogP contribution >= 0.6 is 0 Å². The maximum absolute atomic E-state index is 5.11. The molecule has 3 heterocycles. The number of pyridine rings is 1. The van der Waals surface area contributed by atoms with Crippen molar-refractivity contribution in [2.24, 2.45) is 0 Å². The van der Waals surface area contributed by atoms with E-state index in [1.165, 1.54) is 77.0 Å². The smallest absolute Gasteiger partial charge is 0.0715 e. The number of hydrogen-bond acceptors (Lipinski definition) is 1. The fraction of sp³-hybridized carbons (Fsp3) is 0. The van der Waals surface area contributed by atoms with Gasteiger partial charge >= 0.3 is 0 Å². The normalized spacial score (nSPS) is 11.5. The van der Waals surface area contributed by atoms with E-state index in [1.54, 1.807) is 0 Å². The van der Waals surface area contributed by atoms with Crippen LogP contribution in [-0.2, 0) is 0 Å². The number of benzene rings is 10. The zero-order valence-electron chi connectivity index (χ0n) is 37.2. The minimum absolute atomic E-state index is 0.959. The number of rotatable bonds is 8. The van der Waals surface area contributed by atoms with Crippen molar-refractivity contribution in [3.63, 3.8) is 0 Å². The Balaban J connectivity index is 0.864. The third kappa shape index (κ3) is 6.88. The third-order valence-corrected chi connectivity index (χ3v) is 13.6. The average molecular weight is 866 g/mol. The van der Waals surface area contributed by atoms with E-state index in [4.69, 9.17) is 4.98 Å². The molecule has 318 valence electrons. The van der Waals surface area contributed by atoms with E-state index in [0.29, 0.717) is 0 Å². The number of nitrogens with zero attached hydrogens (tertiary/aromatic N) is 3. The highest BCUT2D eigenvalue weighted by Crippen LogP contribution is 2.39. The fourth-order valence-electron chi connectivity index (χ4n) is 10.2. The Kier molecular flexibility index (Phi) is 9.50. The molecule has 0 bridgehead atoms. The van der Waals surface area contributed by atoms with Gasteiger partial charge in [-0.05, 0) is 111 Å². The van der Waals surface area contributed by atoms with E-state index in [-0.39, 0.29) is 0 Å². The molecule has 0 fully saturated rings. The van der Waals surface area contributed by atoms with Crippen LogP contribution in [0.25, 0.3) is 122 Å². The first-order valence-corrected chi connectivity index (χ1v) is 23.3. The van der Waals surface area contributed by atoms with Crippen molar-refractivity contribution in [3.05, 3.63) is 261 Å². The molecule has 0 spiro atoms. The van der Waals surface area contributed by atoms with Crippen molar-refractivity contribution in [1.82, 2.24) is 14.1 Å². The van der Waals surface area contributed by atoms with Gasteiger partial charge in [0.1, 0.15) is 0 Å². The summed E-state index contributed by atoms with van der Waals surface area (Å²) in [6.45, 7) is 0. The summed E-state index contributed by atoms with van der Waals surface area (Å²) in [5.41, 5.74) is 20.6. The van der Waals surface area contributed by atoms with Gasteiger partial charge in [0.25, 0.3) is 0 Å². The highest BCUT2D eigenvalue weighted by molar-refractivity contribution is 6.12. The Morgan fingerprint density at radius 2 is 0.559 bits per heavy atom. The van der Waals surface area contributed by atoms with Gasteiger partial charge in [0.05, 0.1) is 33.5 Å². The van der Waals surface area contributed by atoms with Crippen LogP contribution in [-0.4, -0.2) is 14.1 Å². The lowest BCUT2D eigenvalue weighted by Gasteiger charge is -2.12. The van der Waals surface area contributed by atoms with E-state index in [2.05, 4.69) is 258 Å². The second-order valence-electron chi connectivity index (χ2n) is 17.6. The van der Waals surface area contributed by atoms with E-state index < -0.39 is 0 Å². The molecule has 0 atom stereocenters. The highest BCUT2D eigenvalue weighted by atomic mass is 15.0. The molecule has 3 aromatic heterocycles. The quantitative estimate of drug-likeness (QED) is 0.149. The summed E-state index contributed by atoms with van der Waals surface area (Å²) in [4.78, 5) is 5.11. The molecule has 0 unspecified atom stereocenters. The summed E-state index contributed by atoms with van der Waals surface area (Å²) in [5.74, 6) is 0. The summed E-state index contributed by atoms with van der Waals surface area (Å²) in [6, 6.07) is 94.2. The molecule has 0 aliphatic rings. The molecule has 13 rings (SSSR count). The molecule has 68 heavy (non-hydrogen) atoms. The maximum Gasteiger partial charge on any atom is 0.0715 e. The first kappa shape index (κ1) is 39.3. The van der Waals surface area contributed by atoms with Crippen LogP contribution in [0.3, 0.4) is 0 Å². The van der Waals surface area contributed by atoms with E-state index in [1.807, 2.05) is 12.1 Å². The molecular weight excluding hydrogens is 823 g/mol. The van der Waals surface area contributed by atoms with Crippen molar-refractivity contribution in [1.29, 1.82) is 0 Å². The maximum atomic E-state index is 5.11. The van der Waals surface area contributed by atoms with Crippen LogP contribution in [0.15, 0.2) is 261 Å². The fourth-order valence-corrected chi connectivity index (χ4v) is 10.2. The Morgan fingerprint density at radius 1 is 0.206 bits per heavy atom. The average Bonchev–Trinajstić information content (AvgIpc) is 3.94. The molecule has 10 aromatic carbocycles. The molecule has 0 amide bonds. The molecule has 3 nitrogen and oxygen atoms in total. The lowest BCUT2D eigenvalue weighted by molar-refractivity contribution is 1.18. The number of hydrogen-bond donors (Lipinski definition) is 0. The van der Waals surface area contributed by atoms with Gasteiger partial charge in [-0.2, -0.15) is 0 Å². The van der Waals surface area contributed by atoms with E-state index >= 15 is 0 Å². The van der Waals surface area contributed by atoms with Crippen molar-refractivity contribution < 1.29 is 0 Å². The minimum atomic E-state index is 0.959. The van der Waals surface area contributed by atoms with Crippen LogP contribution in [0.4, 0.5) is 0 Å². The lowest BCUT2D eigenvalue weighted by Crippen LogP contribution is -1.95. The molecule has 0 radical (unpaired) electrons. The zero-order chi connectivity index (χ0) is 45.0. The largest absolute Gasteiger partial charge is 0.309 e. The van der Waals surface area contributed by atoms with Crippen LogP contribution in [0.5, 0.6) is 0 Å². The van der Waals surface area contributed by atoms with Crippen molar-refractivity contribution in [2.75, 3.05) is 0 Å². The predicted molar refractivity (Wildman–Crippen MR) is 286 cm³/mol. The number of para-hydroxylation sites is 2. The molecule has 3 heteroatoms. The van der Waals surface area contributed by atoms with Crippen LogP contribution in [0.2, 0.25) is 0 Å². The molecule has 0 aliphatic carbocycles. The van der Waals surface area contributed by atoms with Gasteiger partial charge < -0.3 is 9.13 Å². The van der Waals surface area contributed by atoms with Crippen molar-refractivity contribution >= 4 is 43.6 Å². The molecule has 0 saturated carbocycles. The topological polar surface area (TPSA) is 22.8 Å². The monoisotopic (exact) mass is 865 g/mol. The summed E-state index contributed by atoms with van der Waals surface area (Å²) in [7, 11) is 0. The Labute approximate surface area is 395 Å². The Morgan fingerprint density at radius 3 is 1.10 bits per heavy atom. The van der Waals surface area contributed by atoms with Gasteiger partial charge in [-0.25, -0.2) is 4.98 Å². The van der Waals surface area contributed by atoms with Gasteiger partial charge in [0, 0.05) is 44.0 Å². The molecule has 0 saturated heterocycles. The van der Waals surface area contributed by atoms with Crippen LogP contribution in [0, 0.1) is 0 Å². The van der Waals surface area contributed by atoms with Crippen LogP contribution in [0.1, 0.15) is 0 Å². The van der Waals surface area contributed by atoms with Gasteiger partial charge in [0.15, 0.2) is 0 Å². The van der Waals surface area contributed by atoms with Crippen molar-refractivity contribution in [3.8, 4) is 78.4 Å². The zero-order valence-corrected chi connectivity index (χ0v) is 37.2. The highest BCUT2D eigenvalue weighted by Gasteiger charge is 2.17. The lowest BCUT2D eigenvalue weighted by atomic mass is 9.99. The first-order valence-electron chi connectivity index (χ1n) is 23.3. The number of aromatic nitrogens is 3. The molecule has 13 aromatic rings. The van der Waals surface area contributed by atoms with Gasteiger partial charge in [-0.15, -0.1) is 0 Å². The second kappa shape index (κ2) is 16.4. The van der Waals surface area contributed by atoms with Crippen molar-refractivity contribution in [2.45, 2.75) is 0 Å². The van der Waals surface area contributed by atoms with E-state index in [9.17, 15) is 0 Å². The summed E-state index contributed by atoms with van der Waals surface area (Å²) < 4.78 is 4.82. The molecule has 0 aliphatic heterocycles.